The highest BCUT2D eigenvalue weighted by Gasteiger charge is 2.09. The molecule has 0 radical (unpaired) electrons. The van der Waals surface area contributed by atoms with E-state index in [4.69, 9.17) is 4.42 Å². The molecule has 0 aliphatic rings. The first-order chi connectivity index (χ1) is 10.1. The fraction of sp³-hybridized carbons (Fsp3) is 0.333. The van der Waals surface area contributed by atoms with Crippen molar-refractivity contribution in [1.82, 2.24) is 14.9 Å². The second kappa shape index (κ2) is 5.83. The van der Waals surface area contributed by atoms with Crippen LogP contribution in [-0.2, 0) is 6.54 Å². The van der Waals surface area contributed by atoms with Crippen LogP contribution >= 0.6 is 11.3 Å². The van der Waals surface area contributed by atoms with E-state index < -0.39 is 0 Å². The standard InChI is InChI=1S/C15H17N3O2S/c1-10-3-4-13(20-10)11(2)16-6-7-18-9-17-12-5-8-21-14(12)15(18)19/h3-5,8-9,11,16H,6-7H2,1-2H3/t11-/m0/s1. The zero-order chi connectivity index (χ0) is 14.8. The molecule has 3 aromatic rings. The average Bonchev–Trinajstić information content (AvgIpc) is 3.10. The lowest BCUT2D eigenvalue weighted by atomic mass is 10.2. The molecule has 0 aliphatic heterocycles. The third-order valence-corrected chi connectivity index (χ3v) is 4.32. The van der Waals surface area contributed by atoms with Crippen molar-refractivity contribution in [2.75, 3.05) is 6.54 Å². The van der Waals surface area contributed by atoms with E-state index in [-0.39, 0.29) is 11.6 Å². The fourth-order valence-corrected chi connectivity index (χ4v) is 3.02. The lowest BCUT2D eigenvalue weighted by Crippen LogP contribution is -2.28. The summed E-state index contributed by atoms with van der Waals surface area (Å²) in [6, 6.07) is 5.91. The summed E-state index contributed by atoms with van der Waals surface area (Å²) in [6.45, 7) is 5.24. The van der Waals surface area contributed by atoms with Crippen LogP contribution in [0.5, 0.6) is 0 Å². The van der Waals surface area contributed by atoms with Crippen molar-refractivity contribution in [3.05, 3.63) is 51.8 Å². The second-order valence-electron chi connectivity index (χ2n) is 5.00. The van der Waals surface area contributed by atoms with Gasteiger partial charge < -0.3 is 9.73 Å². The van der Waals surface area contributed by atoms with Crippen molar-refractivity contribution in [3.8, 4) is 0 Å². The monoisotopic (exact) mass is 303 g/mol. The molecule has 0 aromatic carbocycles. The van der Waals surface area contributed by atoms with Gasteiger partial charge in [0.05, 0.1) is 17.9 Å². The normalized spacial score (nSPS) is 12.9. The smallest absolute Gasteiger partial charge is 0.271 e. The predicted octanol–water partition coefficient (Wildman–Crippen LogP) is 2.71. The van der Waals surface area contributed by atoms with Crippen LogP contribution < -0.4 is 10.9 Å². The molecule has 0 aliphatic carbocycles. The van der Waals surface area contributed by atoms with E-state index in [1.807, 2.05) is 37.4 Å². The molecule has 6 heteroatoms. The Labute approximate surface area is 126 Å². The van der Waals surface area contributed by atoms with Gasteiger partial charge in [0.15, 0.2) is 0 Å². The Morgan fingerprint density at radius 1 is 1.43 bits per heavy atom. The molecule has 1 atom stereocenters. The number of nitrogens with zero attached hydrogens (tertiary/aromatic N) is 2. The quantitative estimate of drug-likeness (QED) is 0.787. The third kappa shape index (κ3) is 2.91. The maximum atomic E-state index is 12.2. The van der Waals surface area contributed by atoms with Crippen molar-refractivity contribution < 1.29 is 4.42 Å². The predicted molar refractivity (Wildman–Crippen MR) is 83.7 cm³/mol. The zero-order valence-corrected chi connectivity index (χ0v) is 12.8. The Hall–Kier alpha value is -1.92. The summed E-state index contributed by atoms with van der Waals surface area (Å²) in [5.41, 5.74) is 0.798. The van der Waals surface area contributed by atoms with E-state index in [2.05, 4.69) is 10.3 Å². The van der Waals surface area contributed by atoms with Crippen LogP contribution in [0.15, 0.2) is 39.1 Å². The number of rotatable bonds is 5. The van der Waals surface area contributed by atoms with Crippen molar-refractivity contribution in [3.63, 3.8) is 0 Å². The summed E-state index contributed by atoms with van der Waals surface area (Å²) in [4.78, 5) is 16.5. The Morgan fingerprint density at radius 3 is 3.05 bits per heavy atom. The molecule has 3 aromatic heterocycles. The van der Waals surface area contributed by atoms with E-state index in [1.54, 1.807) is 10.9 Å². The van der Waals surface area contributed by atoms with Gasteiger partial charge in [-0.3, -0.25) is 9.36 Å². The Kier molecular flexibility index (Phi) is 3.90. The van der Waals surface area contributed by atoms with Crippen LogP contribution in [0.1, 0.15) is 24.5 Å². The van der Waals surface area contributed by atoms with Crippen molar-refractivity contribution in [2.45, 2.75) is 26.4 Å². The summed E-state index contributed by atoms with van der Waals surface area (Å²) < 4.78 is 7.94. The maximum absolute atomic E-state index is 12.2. The van der Waals surface area contributed by atoms with Gasteiger partial charge in [-0.15, -0.1) is 11.3 Å². The van der Waals surface area contributed by atoms with Gasteiger partial charge in [0.2, 0.25) is 0 Å². The molecule has 0 spiro atoms. The van der Waals surface area contributed by atoms with Gasteiger partial charge >= 0.3 is 0 Å². The molecule has 0 unspecified atom stereocenters. The van der Waals surface area contributed by atoms with E-state index in [0.29, 0.717) is 17.8 Å². The summed E-state index contributed by atoms with van der Waals surface area (Å²) in [5.74, 6) is 1.81. The number of thiophene rings is 1. The topological polar surface area (TPSA) is 60.1 Å². The summed E-state index contributed by atoms with van der Waals surface area (Å²) in [6.07, 6.45) is 1.61. The Morgan fingerprint density at radius 2 is 2.29 bits per heavy atom. The second-order valence-corrected chi connectivity index (χ2v) is 5.92. The number of aromatic nitrogens is 2. The summed E-state index contributed by atoms with van der Waals surface area (Å²) >= 11 is 1.44. The van der Waals surface area contributed by atoms with Crippen LogP contribution in [-0.4, -0.2) is 16.1 Å². The molecular weight excluding hydrogens is 286 g/mol. The first kappa shape index (κ1) is 14.0. The van der Waals surface area contributed by atoms with Crippen LogP contribution in [0.25, 0.3) is 10.2 Å². The number of aryl methyl sites for hydroxylation is 1. The highest BCUT2D eigenvalue weighted by Crippen LogP contribution is 2.15. The van der Waals surface area contributed by atoms with Crippen LogP contribution in [0.2, 0.25) is 0 Å². The van der Waals surface area contributed by atoms with E-state index in [1.165, 1.54) is 11.3 Å². The van der Waals surface area contributed by atoms with Crippen LogP contribution in [0.4, 0.5) is 0 Å². The molecule has 21 heavy (non-hydrogen) atoms. The Balaban J connectivity index is 1.64. The zero-order valence-electron chi connectivity index (χ0n) is 12.0. The molecule has 110 valence electrons. The minimum atomic E-state index is 0.0262. The molecular formula is C15H17N3O2S. The van der Waals surface area contributed by atoms with Gasteiger partial charge in [-0.1, -0.05) is 0 Å². The lowest BCUT2D eigenvalue weighted by molar-refractivity contribution is 0.409. The third-order valence-electron chi connectivity index (χ3n) is 3.43. The number of furan rings is 1. The van der Waals surface area contributed by atoms with Crippen molar-refractivity contribution in [1.29, 1.82) is 0 Å². The minimum Gasteiger partial charge on any atom is -0.465 e. The van der Waals surface area contributed by atoms with Crippen LogP contribution in [0, 0.1) is 6.92 Å². The van der Waals surface area contributed by atoms with Gasteiger partial charge in [0.1, 0.15) is 16.2 Å². The van der Waals surface area contributed by atoms with Gasteiger partial charge in [-0.05, 0) is 37.4 Å². The molecule has 0 saturated carbocycles. The van der Waals surface area contributed by atoms with Gasteiger partial charge in [0, 0.05) is 13.1 Å². The highest BCUT2D eigenvalue weighted by atomic mass is 32.1. The molecule has 0 fully saturated rings. The largest absolute Gasteiger partial charge is 0.465 e. The number of fused-ring (bicyclic) bond motifs is 1. The summed E-state index contributed by atoms with van der Waals surface area (Å²) in [7, 11) is 0. The average molecular weight is 303 g/mol. The summed E-state index contributed by atoms with van der Waals surface area (Å²) in [5, 5.41) is 5.24. The SMILES string of the molecule is Cc1ccc([C@H](C)NCCn2cnc3ccsc3c2=O)o1. The molecule has 1 N–H and O–H groups in total. The Bertz CT molecular complexity index is 802. The van der Waals surface area contributed by atoms with E-state index in [9.17, 15) is 4.79 Å². The lowest BCUT2D eigenvalue weighted by Gasteiger charge is -2.12. The molecule has 3 rings (SSSR count). The molecule has 3 heterocycles. The molecule has 5 nitrogen and oxygen atoms in total. The number of nitrogens with one attached hydrogen (secondary N) is 1. The molecule has 0 amide bonds. The number of hydrogen-bond acceptors (Lipinski definition) is 5. The minimum absolute atomic E-state index is 0.0262. The number of hydrogen-bond donors (Lipinski definition) is 1. The van der Waals surface area contributed by atoms with Gasteiger partial charge in [-0.25, -0.2) is 4.98 Å². The first-order valence-corrected chi connectivity index (χ1v) is 7.75. The van der Waals surface area contributed by atoms with Gasteiger partial charge in [-0.2, -0.15) is 0 Å². The van der Waals surface area contributed by atoms with E-state index >= 15 is 0 Å². The highest BCUT2D eigenvalue weighted by molar-refractivity contribution is 7.17. The maximum Gasteiger partial charge on any atom is 0.271 e. The first-order valence-electron chi connectivity index (χ1n) is 6.87. The van der Waals surface area contributed by atoms with Crippen molar-refractivity contribution in [2.24, 2.45) is 0 Å². The van der Waals surface area contributed by atoms with Crippen LogP contribution in [0.3, 0.4) is 0 Å². The van der Waals surface area contributed by atoms with Crippen molar-refractivity contribution >= 4 is 21.6 Å². The van der Waals surface area contributed by atoms with E-state index in [0.717, 1.165) is 17.0 Å². The molecule has 0 bridgehead atoms. The van der Waals surface area contributed by atoms with Gasteiger partial charge in [0.25, 0.3) is 5.56 Å². The fourth-order valence-electron chi connectivity index (χ4n) is 2.23. The molecule has 0 saturated heterocycles.